The Bertz CT molecular complexity index is 697. The first-order valence-electron chi connectivity index (χ1n) is 5.20. The number of rotatable bonds is 1. The average Bonchev–Trinajstić information content (AvgIpc) is 2.84. The summed E-state index contributed by atoms with van der Waals surface area (Å²) in [5, 5.41) is 14.7. The third-order valence-corrected chi connectivity index (χ3v) is 3.73. The Morgan fingerprint density at radius 1 is 1.24 bits per heavy atom. The highest BCUT2D eigenvalue weighted by Crippen LogP contribution is 2.33. The van der Waals surface area contributed by atoms with Crippen LogP contribution in [-0.2, 0) is 0 Å². The van der Waals surface area contributed by atoms with Crippen molar-refractivity contribution in [1.82, 2.24) is 19.8 Å². The van der Waals surface area contributed by atoms with E-state index in [2.05, 4.69) is 15.3 Å². The summed E-state index contributed by atoms with van der Waals surface area (Å²) in [5.41, 5.74) is 9.50. The number of nitrogen functional groups attached to an aromatic ring is 1. The normalized spacial score (nSPS) is 11.2. The average molecular weight is 245 g/mol. The number of anilines is 1. The second-order valence-corrected chi connectivity index (χ2v) is 4.81. The summed E-state index contributed by atoms with van der Waals surface area (Å²) in [4.78, 5) is 0.924. The fraction of sp³-hybridized carbons (Fsp3) is 0.182. The quantitative estimate of drug-likeness (QED) is 0.712. The first kappa shape index (κ1) is 10.2. The fourth-order valence-electron chi connectivity index (χ4n) is 1.65. The standard InChI is InChI=1S/C11H11N5S/c1-6-5-17-10(9(6)12)11-14-13-8-4-3-7(2)15-16(8)11/h3-5H,12H2,1-2H3. The van der Waals surface area contributed by atoms with Crippen molar-refractivity contribution < 1.29 is 0 Å². The topological polar surface area (TPSA) is 69.1 Å². The first-order valence-corrected chi connectivity index (χ1v) is 6.08. The lowest BCUT2D eigenvalue weighted by molar-refractivity contribution is 0.904. The summed E-state index contributed by atoms with van der Waals surface area (Å²) >= 11 is 1.57. The van der Waals surface area contributed by atoms with Crippen LogP contribution in [0.25, 0.3) is 16.3 Å². The lowest BCUT2D eigenvalue weighted by Gasteiger charge is -1.99. The van der Waals surface area contributed by atoms with Gasteiger partial charge in [-0.3, -0.25) is 0 Å². The number of hydrogen-bond donors (Lipinski definition) is 1. The number of nitrogens with zero attached hydrogens (tertiary/aromatic N) is 4. The minimum atomic E-state index is 0.708. The molecule has 3 aromatic rings. The van der Waals surface area contributed by atoms with Gasteiger partial charge < -0.3 is 5.73 Å². The van der Waals surface area contributed by atoms with Crippen LogP contribution < -0.4 is 5.73 Å². The van der Waals surface area contributed by atoms with E-state index in [4.69, 9.17) is 5.73 Å². The number of thiophene rings is 1. The minimum absolute atomic E-state index is 0.708. The Hall–Kier alpha value is -1.95. The molecule has 0 aromatic carbocycles. The van der Waals surface area contributed by atoms with Gasteiger partial charge in [0.05, 0.1) is 16.3 Å². The van der Waals surface area contributed by atoms with E-state index < -0.39 is 0 Å². The molecule has 3 rings (SSSR count). The number of fused-ring (bicyclic) bond motifs is 1. The lowest BCUT2D eigenvalue weighted by Crippen LogP contribution is -1.97. The Morgan fingerprint density at radius 2 is 2.06 bits per heavy atom. The van der Waals surface area contributed by atoms with Crippen LogP contribution in [-0.4, -0.2) is 19.8 Å². The number of nitrogens with two attached hydrogens (primary N) is 1. The van der Waals surface area contributed by atoms with Crippen LogP contribution in [0.4, 0.5) is 5.69 Å². The summed E-state index contributed by atoms with van der Waals surface area (Å²) < 4.78 is 1.73. The molecule has 0 fully saturated rings. The lowest BCUT2D eigenvalue weighted by atomic mass is 10.3. The Kier molecular flexibility index (Phi) is 2.12. The molecule has 86 valence electrons. The molecule has 6 heteroatoms. The molecule has 0 aliphatic heterocycles. The molecule has 0 amide bonds. The van der Waals surface area contributed by atoms with Crippen molar-refractivity contribution in [1.29, 1.82) is 0 Å². The van der Waals surface area contributed by atoms with Crippen molar-refractivity contribution in [3.63, 3.8) is 0 Å². The van der Waals surface area contributed by atoms with Gasteiger partial charge in [0.2, 0.25) is 0 Å². The summed E-state index contributed by atoms with van der Waals surface area (Å²) in [5.74, 6) is 0.708. The van der Waals surface area contributed by atoms with E-state index in [0.717, 1.165) is 27.5 Å². The summed E-state index contributed by atoms with van der Waals surface area (Å²) in [6.45, 7) is 3.92. The molecule has 0 atom stereocenters. The molecule has 0 saturated carbocycles. The Morgan fingerprint density at radius 3 is 2.76 bits per heavy atom. The van der Waals surface area contributed by atoms with Gasteiger partial charge in [-0.15, -0.1) is 21.5 Å². The van der Waals surface area contributed by atoms with Crippen LogP contribution in [0.5, 0.6) is 0 Å². The molecule has 0 spiro atoms. The van der Waals surface area contributed by atoms with Crippen molar-refractivity contribution in [2.75, 3.05) is 5.73 Å². The van der Waals surface area contributed by atoms with Crippen LogP contribution >= 0.6 is 11.3 Å². The molecule has 0 aliphatic carbocycles. The molecule has 0 unspecified atom stereocenters. The van der Waals surface area contributed by atoms with E-state index >= 15 is 0 Å². The van der Waals surface area contributed by atoms with E-state index in [0.29, 0.717) is 5.82 Å². The van der Waals surface area contributed by atoms with Gasteiger partial charge in [0.15, 0.2) is 11.5 Å². The van der Waals surface area contributed by atoms with Gasteiger partial charge in [0, 0.05) is 0 Å². The van der Waals surface area contributed by atoms with E-state index in [-0.39, 0.29) is 0 Å². The zero-order valence-electron chi connectivity index (χ0n) is 9.51. The van der Waals surface area contributed by atoms with Crippen LogP contribution in [0.15, 0.2) is 17.5 Å². The van der Waals surface area contributed by atoms with Gasteiger partial charge in [0.1, 0.15) is 0 Å². The smallest absolute Gasteiger partial charge is 0.197 e. The third-order valence-electron chi connectivity index (χ3n) is 2.62. The maximum Gasteiger partial charge on any atom is 0.197 e. The minimum Gasteiger partial charge on any atom is -0.397 e. The van der Waals surface area contributed by atoms with E-state index in [1.807, 2.05) is 31.4 Å². The van der Waals surface area contributed by atoms with Crippen LogP contribution in [0.1, 0.15) is 11.3 Å². The zero-order valence-corrected chi connectivity index (χ0v) is 10.3. The fourth-order valence-corrected chi connectivity index (χ4v) is 2.59. The van der Waals surface area contributed by atoms with E-state index in [1.165, 1.54) is 0 Å². The molecule has 0 bridgehead atoms. The van der Waals surface area contributed by atoms with Crippen molar-refractivity contribution in [3.8, 4) is 10.7 Å². The highest BCUT2D eigenvalue weighted by atomic mass is 32.1. The molecule has 0 aliphatic rings. The van der Waals surface area contributed by atoms with E-state index in [9.17, 15) is 0 Å². The highest BCUT2D eigenvalue weighted by molar-refractivity contribution is 7.14. The van der Waals surface area contributed by atoms with E-state index in [1.54, 1.807) is 15.9 Å². The predicted molar refractivity (Wildman–Crippen MR) is 68.0 cm³/mol. The van der Waals surface area contributed by atoms with Gasteiger partial charge in [-0.2, -0.15) is 9.61 Å². The number of aromatic nitrogens is 4. The van der Waals surface area contributed by atoms with Crippen molar-refractivity contribution in [2.24, 2.45) is 0 Å². The predicted octanol–water partition coefficient (Wildman–Crippen LogP) is 2.05. The molecule has 17 heavy (non-hydrogen) atoms. The Balaban J connectivity index is 2.31. The van der Waals surface area contributed by atoms with Gasteiger partial charge in [0.25, 0.3) is 0 Å². The monoisotopic (exact) mass is 245 g/mol. The van der Waals surface area contributed by atoms with Gasteiger partial charge in [-0.05, 0) is 36.9 Å². The molecule has 0 radical (unpaired) electrons. The molecule has 3 aromatic heterocycles. The summed E-state index contributed by atoms with van der Waals surface area (Å²) in [6, 6.07) is 3.81. The van der Waals surface area contributed by atoms with Gasteiger partial charge in [-0.1, -0.05) is 0 Å². The maximum atomic E-state index is 6.02. The van der Waals surface area contributed by atoms with Crippen molar-refractivity contribution >= 4 is 22.7 Å². The highest BCUT2D eigenvalue weighted by Gasteiger charge is 2.15. The van der Waals surface area contributed by atoms with Crippen LogP contribution in [0.2, 0.25) is 0 Å². The molecule has 0 saturated heterocycles. The van der Waals surface area contributed by atoms with Gasteiger partial charge >= 0.3 is 0 Å². The molecule has 5 nitrogen and oxygen atoms in total. The second kappa shape index (κ2) is 3.53. The molecule has 3 heterocycles. The van der Waals surface area contributed by atoms with Crippen molar-refractivity contribution in [3.05, 3.63) is 28.8 Å². The third kappa shape index (κ3) is 1.49. The van der Waals surface area contributed by atoms with Crippen molar-refractivity contribution in [2.45, 2.75) is 13.8 Å². The molecule has 2 N–H and O–H groups in total. The first-order chi connectivity index (χ1) is 8.16. The zero-order chi connectivity index (χ0) is 12.0. The largest absolute Gasteiger partial charge is 0.397 e. The Labute approximate surface area is 102 Å². The molecular weight excluding hydrogens is 234 g/mol. The van der Waals surface area contributed by atoms with Crippen LogP contribution in [0.3, 0.4) is 0 Å². The van der Waals surface area contributed by atoms with Crippen LogP contribution in [0, 0.1) is 13.8 Å². The summed E-state index contributed by atoms with van der Waals surface area (Å²) in [7, 11) is 0. The SMILES string of the molecule is Cc1ccc2nnc(-c3scc(C)c3N)n2n1. The number of hydrogen-bond acceptors (Lipinski definition) is 5. The second-order valence-electron chi connectivity index (χ2n) is 3.93. The summed E-state index contributed by atoms with van der Waals surface area (Å²) in [6.07, 6.45) is 0. The molecular formula is C11H11N5S. The van der Waals surface area contributed by atoms with Gasteiger partial charge in [-0.25, -0.2) is 0 Å². The number of aryl methyl sites for hydroxylation is 2. The maximum absolute atomic E-state index is 6.02.